The van der Waals surface area contributed by atoms with Crippen LogP contribution in [0.4, 0.5) is 5.82 Å². The maximum Gasteiger partial charge on any atom is 0.328 e. The zero-order valence-electron chi connectivity index (χ0n) is 9.58. The average molecular weight is 242 g/mol. The normalized spacial score (nSPS) is 15.3. The van der Waals surface area contributed by atoms with Crippen LogP contribution in [-0.4, -0.2) is 25.9 Å². The summed E-state index contributed by atoms with van der Waals surface area (Å²) < 4.78 is 1.14. The first-order valence-electron chi connectivity index (χ1n) is 5.36. The van der Waals surface area contributed by atoms with Crippen LogP contribution in [0.5, 0.6) is 5.88 Å². The molecule has 0 saturated heterocycles. The molecule has 0 fully saturated rings. The van der Waals surface area contributed by atoms with E-state index in [1.54, 1.807) is 18.5 Å². The first kappa shape index (κ1) is 10.5. The van der Waals surface area contributed by atoms with Gasteiger partial charge in [-0.2, -0.15) is 0 Å². The number of nitrogens with one attached hydrogen (secondary N) is 1. The highest BCUT2D eigenvalue weighted by atomic mass is 16.3. The van der Waals surface area contributed by atoms with Crippen molar-refractivity contribution >= 4 is 23.7 Å². The number of aromatic hydroxyl groups is 1. The number of nitrogens with zero attached hydrogens (tertiary/aromatic N) is 3. The molecule has 0 aromatic carbocycles. The van der Waals surface area contributed by atoms with Crippen LogP contribution in [-0.2, 0) is 7.05 Å². The Labute approximate surface area is 102 Å². The topological polar surface area (TPSA) is 83.3 Å². The van der Waals surface area contributed by atoms with Crippen molar-refractivity contribution in [3.8, 4) is 5.88 Å². The second-order valence-corrected chi connectivity index (χ2v) is 3.96. The second kappa shape index (κ2) is 3.69. The van der Waals surface area contributed by atoms with Crippen LogP contribution >= 0.6 is 0 Å². The summed E-state index contributed by atoms with van der Waals surface area (Å²) in [6.07, 6.45) is 5.00. The minimum absolute atomic E-state index is 0.0989. The van der Waals surface area contributed by atoms with Gasteiger partial charge in [0.15, 0.2) is 5.82 Å². The van der Waals surface area contributed by atoms with Gasteiger partial charge in [-0.1, -0.05) is 0 Å². The number of allylic oxidation sites excluding steroid dienone is 1. The number of H-pyrrole nitrogens is 1. The summed E-state index contributed by atoms with van der Waals surface area (Å²) in [6, 6.07) is 3.70. The van der Waals surface area contributed by atoms with Gasteiger partial charge in [-0.05, 0) is 18.2 Å². The molecule has 0 amide bonds. The molecule has 1 aliphatic heterocycles. The van der Waals surface area contributed by atoms with Crippen molar-refractivity contribution in [3.05, 3.63) is 40.1 Å². The van der Waals surface area contributed by atoms with Crippen LogP contribution in [0.2, 0.25) is 0 Å². The molecule has 18 heavy (non-hydrogen) atoms. The van der Waals surface area contributed by atoms with E-state index in [0.717, 1.165) is 15.7 Å². The molecular formula is C12H10N4O2. The summed E-state index contributed by atoms with van der Waals surface area (Å²) in [5.41, 5.74) is 1.68. The molecule has 0 saturated carbocycles. The summed E-state index contributed by atoms with van der Waals surface area (Å²) in [5.74, 6) is 0.541. The summed E-state index contributed by atoms with van der Waals surface area (Å²) in [4.78, 5) is 22.2. The first-order chi connectivity index (χ1) is 8.66. The Bertz CT molecular complexity index is 737. The van der Waals surface area contributed by atoms with Gasteiger partial charge in [0.2, 0.25) is 5.88 Å². The Morgan fingerprint density at radius 2 is 2.33 bits per heavy atom. The van der Waals surface area contributed by atoms with Gasteiger partial charge in [-0.3, -0.25) is 4.57 Å². The number of hydrogen-bond acceptors (Lipinski definition) is 4. The second-order valence-electron chi connectivity index (χ2n) is 3.96. The Morgan fingerprint density at radius 1 is 1.50 bits per heavy atom. The van der Waals surface area contributed by atoms with Crippen LogP contribution in [0.1, 0.15) is 11.3 Å². The molecule has 90 valence electrons. The molecule has 6 nitrogen and oxygen atoms in total. The third kappa shape index (κ3) is 1.46. The smallest absolute Gasteiger partial charge is 0.328 e. The molecule has 2 aromatic heterocycles. The Balaban J connectivity index is 2.12. The van der Waals surface area contributed by atoms with E-state index < -0.39 is 0 Å². The zero-order chi connectivity index (χ0) is 12.7. The Morgan fingerprint density at radius 3 is 3.06 bits per heavy atom. The summed E-state index contributed by atoms with van der Waals surface area (Å²) in [5, 5.41) is 9.75. The fraction of sp³-hybridized carbons (Fsp3) is 0.0833. The summed E-state index contributed by atoms with van der Waals surface area (Å²) in [6.45, 7) is 0. The first-order valence-corrected chi connectivity index (χ1v) is 5.36. The average Bonchev–Trinajstić information content (AvgIpc) is 2.89. The van der Waals surface area contributed by atoms with E-state index in [1.165, 1.54) is 7.05 Å². The van der Waals surface area contributed by atoms with Crippen molar-refractivity contribution in [2.75, 3.05) is 0 Å². The lowest BCUT2D eigenvalue weighted by atomic mass is 10.1. The van der Waals surface area contributed by atoms with Crippen molar-refractivity contribution in [1.82, 2.24) is 14.5 Å². The van der Waals surface area contributed by atoms with Gasteiger partial charge < -0.3 is 10.1 Å². The number of pyridine rings is 1. The summed E-state index contributed by atoms with van der Waals surface area (Å²) >= 11 is 0. The largest absolute Gasteiger partial charge is 0.493 e. The maximum atomic E-state index is 11.4. The van der Waals surface area contributed by atoms with Crippen molar-refractivity contribution in [3.63, 3.8) is 0 Å². The van der Waals surface area contributed by atoms with Crippen LogP contribution in [0.15, 0.2) is 28.1 Å². The fourth-order valence-electron chi connectivity index (χ4n) is 1.83. The van der Waals surface area contributed by atoms with Gasteiger partial charge in [-0.25, -0.2) is 14.8 Å². The number of fused-ring (bicyclic) bond motifs is 1. The van der Waals surface area contributed by atoms with Gasteiger partial charge in [0.05, 0.1) is 0 Å². The number of aliphatic imine (C=N–C) groups is 1. The van der Waals surface area contributed by atoms with E-state index in [2.05, 4.69) is 15.0 Å². The number of aromatic amines is 1. The van der Waals surface area contributed by atoms with Crippen LogP contribution in [0, 0.1) is 0 Å². The molecule has 0 radical (unpaired) electrons. The third-order valence-corrected chi connectivity index (χ3v) is 2.83. The quantitative estimate of drug-likeness (QED) is 0.784. The lowest BCUT2D eigenvalue weighted by Gasteiger charge is -1.97. The van der Waals surface area contributed by atoms with Gasteiger partial charge >= 0.3 is 5.69 Å². The van der Waals surface area contributed by atoms with Gasteiger partial charge in [-0.15, -0.1) is 0 Å². The van der Waals surface area contributed by atoms with Gasteiger partial charge in [0.1, 0.15) is 5.69 Å². The van der Waals surface area contributed by atoms with Crippen molar-refractivity contribution in [1.29, 1.82) is 0 Å². The molecule has 0 atom stereocenters. The van der Waals surface area contributed by atoms with Gasteiger partial charge in [0, 0.05) is 30.6 Å². The van der Waals surface area contributed by atoms with Crippen molar-refractivity contribution < 1.29 is 5.11 Å². The van der Waals surface area contributed by atoms with Crippen LogP contribution in [0.25, 0.3) is 11.6 Å². The Hall–Kier alpha value is -2.63. The number of rotatable bonds is 1. The molecule has 0 bridgehead atoms. The molecule has 3 rings (SSSR count). The predicted molar refractivity (Wildman–Crippen MR) is 68.0 cm³/mol. The molecule has 2 aromatic rings. The highest BCUT2D eigenvalue weighted by Crippen LogP contribution is 2.30. The number of aromatic nitrogens is 3. The van der Waals surface area contributed by atoms with E-state index in [1.807, 2.05) is 12.1 Å². The highest BCUT2D eigenvalue weighted by Gasteiger charge is 2.14. The molecule has 0 aliphatic carbocycles. The number of hydrogen-bond donors (Lipinski definition) is 2. The van der Waals surface area contributed by atoms with E-state index >= 15 is 0 Å². The fourth-order valence-corrected chi connectivity index (χ4v) is 1.83. The van der Waals surface area contributed by atoms with E-state index in [0.29, 0.717) is 11.5 Å². The maximum absolute atomic E-state index is 11.4. The summed E-state index contributed by atoms with van der Waals surface area (Å²) in [7, 11) is 1.49. The molecule has 6 heteroatoms. The minimum Gasteiger partial charge on any atom is -0.493 e. The molecule has 0 spiro atoms. The van der Waals surface area contributed by atoms with Crippen LogP contribution < -0.4 is 5.69 Å². The van der Waals surface area contributed by atoms with Crippen molar-refractivity contribution in [2.45, 2.75) is 0 Å². The van der Waals surface area contributed by atoms with E-state index in [4.69, 9.17) is 0 Å². The third-order valence-electron chi connectivity index (χ3n) is 2.83. The lowest BCUT2D eigenvalue weighted by Crippen LogP contribution is -2.11. The number of imidazole rings is 1. The molecule has 2 N–H and O–H groups in total. The minimum atomic E-state index is -0.360. The molecule has 3 heterocycles. The van der Waals surface area contributed by atoms with E-state index in [9.17, 15) is 9.90 Å². The molecular weight excluding hydrogens is 232 g/mol. The SMILES string of the molecule is Cn1c(O)c(/C=C2\C=Nc3ncccc32)[nH]c1=O. The van der Waals surface area contributed by atoms with Crippen molar-refractivity contribution in [2.24, 2.45) is 12.0 Å². The Kier molecular flexibility index (Phi) is 2.16. The lowest BCUT2D eigenvalue weighted by molar-refractivity contribution is 0.428. The highest BCUT2D eigenvalue weighted by molar-refractivity contribution is 6.20. The molecule has 0 unspecified atom stereocenters. The zero-order valence-corrected chi connectivity index (χ0v) is 9.58. The van der Waals surface area contributed by atoms with E-state index in [-0.39, 0.29) is 11.6 Å². The monoisotopic (exact) mass is 242 g/mol. The van der Waals surface area contributed by atoms with Crippen LogP contribution in [0.3, 0.4) is 0 Å². The standard InChI is InChI=1S/C12H10N4O2/c1-16-11(17)9(15-12(16)18)5-7-6-14-10-8(7)3-2-4-13-10/h2-6,17H,1H3,(H,15,18)/b7-5+. The molecule has 1 aliphatic rings. The predicted octanol–water partition coefficient (Wildman–Crippen LogP) is 1.07. The van der Waals surface area contributed by atoms with Gasteiger partial charge in [0.25, 0.3) is 0 Å².